The number of benzene rings is 1. The van der Waals surface area contributed by atoms with Crippen molar-refractivity contribution in [2.24, 2.45) is 5.73 Å². The minimum atomic E-state index is -0.752. The molecule has 0 aromatic heterocycles. The molecule has 4 N–H and O–H groups in total. The fourth-order valence-corrected chi connectivity index (χ4v) is 2.44. The van der Waals surface area contributed by atoms with Gasteiger partial charge in [-0.2, -0.15) is 0 Å². The fraction of sp³-hybridized carbons (Fsp3) is 0.467. The number of hydrogen-bond donors (Lipinski definition) is 3. The first kappa shape index (κ1) is 15.3. The molecule has 1 aromatic carbocycles. The van der Waals surface area contributed by atoms with Gasteiger partial charge in [-0.15, -0.1) is 0 Å². The molecule has 0 spiro atoms. The molecule has 0 radical (unpaired) electrons. The lowest BCUT2D eigenvalue weighted by Gasteiger charge is -2.23. The predicted molar refractivity (Wildman–Crippen MR) is 79.0 cm³/mol. The Morgan fingerprint density at radius 1 is 1.43 bits per heavy atom. The van der Waals surface area contributed by atoms with Gasteiger partial charge in [-0.1, -0.05) is 6.07 Å². The average molecular weight is 291 g/mol. The first-order valence-electron chi connectivity index (χ1n) is 7.09. The molecule has 0 aliphatic heterocycles. The van der Waals surface area contributed by atoms with Crippen LogP contribution in [0.15, 0.2) is 18.2 Å². The summed E-state index contributed by atoms with van der Waals surface area (Å²) in [6, 6.07) is 5.23. The van der Waals surface area contributed by atoms with E-state index in [0.717, 1.165) is 24.8 Å². The fourth-order valence-electron chi connectivity index (χ4n) is 2.44. The lowest BCUT2D eigenvalue weighted by Crippen LogP contribution is -2.43. The summed E-state index contributed by atoms with van der Waals surface area (Å²) < 4.78 is 5.59. The third-order valence-corrected chi connectivity index (χ3v) is 3.62. The summed E-state index contributed by atoms with van der Waals surface area (Å²) in [7, 11) is 1.45. The van der Waals surface area contributed by atoms with E-state index < -0.39 is 18.0 Å². The third-order valence-electron chi connectivity index (χ3n) is 3.62. The van der Waals surface area contributed by atoms with Gasteiger partial charge in [0.2, 0.25) is 0 Å². The van der Waals surface area contributed by atoms with E-state index in [9.17, 15) is 9.59 Å². The molecular weight excluding hydrogens is 270 g/mol. The van der Waals surface area contributed by atoms with Crippen LogP contribution >= 0.6 is 0 Å². The Balaban J connectivity index is 2.03. The van der Waals surface area contributed by atoms with Crippen molar-refractivity contribution in [3.63, 3.8) is 0 Å². The number of hydrogen-bond acceptors (Lipinski definition) is 4. The highest BCUT2D eigenvalue weighted by atomic mass is 16.5. The van der Waals surface area contributed by atoms with Crippen LogP contribution in [0.4, 0.5) is 4.79 Å². The number of urea groups is 1. The molecule has 0 heterocycles. The largest absolute Gasteiger partial charge is 0.481 e. The molecule has 0 saturated carbocycles. The second kappa shape index (κ2) is 6.58. The topological polar surface area (TPSA) is 93.5 Å². The van der Waals surface area contributed by atoms with Gasteiger partial charge in [0.1, 0.15) is 5.75 Å². The number of amides is 3. The molecule has 0 bridgehead atoms. The summed E-state index contributed by atoms with van der Waals surface area (Å²) in [4.78, 5) is 22.8. The standard InChI is InChI=1S/C15H21N3O3/c1-9(14(19)18-15(20)17-2)21-11-6-7-12-10(8-11)4-3-5-13(12)16/h6-9,13H,3-5,16H2,1-2H3,(H2,17,18,19,20). The van der Waals surface area contributed by atoms with Crippen LogP contribution in [0.25, 0.3) is 0 Å². The Kier molecular flexibility index (Phi) is 4.80. The predicted octanol–water partition coefficient (Wildman–Crippen LogP) is 1.25. The molecule has 2 unspecified atom stereocenters. The van der Waals surface area contributed by atoms with E-state index in [2.05, 4.69) is 10.6 Å². The summed E-state index contributed by atoms with van der Waals surface area (Å²) in [6.07, 6.45) is 2.28. The Hall–Kier alpha value is -2.08. The molecule has 1 aromatic rings. The maximum absolute atomic E-state index is 11.7. The highest BCUT2D eigenvalue weighted by molar-refractivity contribution is 5.96. The van der Waals surface area contributed by atoms with Crippen molar-refractivity contribution in [1.29, 1.82) is 0 Å². The minimum absolute atomic E-state index is 0.0803. The summed E-state index contributed by atoms with van der Waals surface area (Å²) in [5.41, 5.74) is 8.39. The van der Waals surface area contributed by atoms with Crippen LogP contribution in [-0.4, -0.2) is 25.1 Å². The first-order valence-corrected chi connectivity index (χ1v) is 7.09. The quantitative estimate of drug-likeness (QED) is 0.781. The molecule has 2 atom stereocenters. The van der Waals surface area contributed by atoms with Gasteiger partial charge in [0.25, 0.3) is 5.91 Å². The molecular formula is C15H21N3O3. The molecule has 0 fully saturated rings. The van der Waals surface area contributed by atoms with E-state index in [1.807, 2.05) is 18.2 Å². The first-order chi connectivity index (χ1) is 10.0. The SMILES string of the molecule is CNC(=O)NC(=O)C(C)Oc1ccc2c(c1)CCCC2N. The zero-order chi connectivity index (χ0) is 15.4. The van der Waals surface area contributed by atoms with Crippen LogP contribution in [0.1, 0.15) is 36.9 Å². The maximum atomic E-state index is 11.7. The Labute approximate surface area is 124 Å². The van der Waals surface area contributed by atoms with Gasteiger partial charge in [0.05, 0.1) is 0 Å². The summed E-state index contributed by atoms with van der Waals surface area (Å²) in [5, 5.41) is 4.51. The number of rotatable bonds is 3. The number of nitrogens with one attached hydrogen (secondary N) is 2. The van der Waals surface area contributed by atoms with Crippen molar-refractivity contribution >= 4 is 11.9 Å². The lowest BCUT2D eigenvalue weighted by molar-refractivity contribution is -0.126. The molecule has 21 heavy (non-hydrogen) atoms. The molecule has 114 valence electrons. The van der Waals surface area contributed by atoms with Crippen molar-refractivity contribution in [3.8, 4) is 5.75 Å². The van der Waals surface area contributed by atoms with Crippen LogP contribution in [0.5, 0.6) is 5.75 Å². The molecule has 1 aliphatic rings. The van der Waals surface area contributed by atoms with E-state index in [1.165, 1.54) is 12.6 Å². The lowest BCUT2D eigenvalue weighted by atomic mass is 9.88. The Bertz CT molecular complexity index is 545. The number of carbonyl (C=O) groups is 2. The minimum Gasteiger partial charge on any atom is -0.481 e. The molecule has 3 amide bonds. The number of carbonyl (C=O) groups excluding carboxylic acids is 2. The van der Waals surface area contributed by atoms with Gasteiger partial charge < -0.3 is 15.8 Å². The van der Waals surface area contributed by atoms with Crippen LogP contribution in [-0.2, 0) is 11.2 Å². The van der Waals surface area contributed by atoms with Gasteiger partial charge in [0.15, 0.2) is 6.10 Å². The van der Waals surface area contributed by atoms with Crippen molar-refractivity contribution < 1.29 is 14.3 Å². The zero-order valence-corrected chi connectivity index (χ0v) is 12.3. The smallest absolute Gasteiger partial charge is 0.321 e. The van der Waals surface area contributed by atoms with E-state index in [4.69, 9.17) is 10.5 Å². The summed E-state index contributed by atoms with van der Waals surface area (Å²) in [6.45, 7) is 1.60. The van der Waals surface area contributed by atoms with Gasteiger partial charge in [-0.3, -0.25) is 10.1 Å². The highest BCUT2D eigenvalue weighted by Gasteiger charge is 2.20. The van der Waals surface area contributed by atoms with Crippen LogP contribution in [0.3, 0.4) is 0 Å². The summed E-state index contributed by atoms with van der Waals surface area (Å²) >= 11 is 0. The van der Waals surface area contributed by atoms with E-state index in [-0.39, 0.29) is 6.04 Å². The number of nitrogens with two attached hydrogens (primary N) is 1. The van der Waals surface area contributed by atoms with E-state index in [0.29, 0.717) is 5.75 Å². The molecule has 6 heteroatoms. The van der Waals surface area contributed by atoms with Gasteiger partial charge >= 0.3 is 6.03 Å². The number of imide groups is 1. The molecule has 1 aliphatic carbocycles. The van der Waals surface area contributed by atoms with E-state index >= 15 is 0 Å². The van der Waals surface area contributed by atoms with Gasteiger partial charge in [-0.05, 0) is 49.4 Å². The van der Waals surface area contributed by atoms with Gasteiger partial charge in [0, 0.05) is 13.1 Å². The molecule has 2 rings (SSSR count). The highest BCUT2D eigenvalue weighted by Crippen LogP contribution is 2.30. The van der Waals surface area contributed by atoms with Crippen LogP contribution < -0.4 is 21.1 Å². The van der Waals surface area contributed by atoms with Crippen molar-refractivity contribution in [3.05, 3.63) is 29.3 Å². The zero-order valence-electron chi connectivity index (χ0n) is 12.3. The third kappa shape index (κ3) is 3.72. The number of ether oxygens (including phenoxy) is 1. The van der Waals surface area contributed by atoms with E-state index in [1.54, 1.807) is 6.92 Å². The summed E-state index contributed by atoms with van der Waals surface area (Å²) in [5.74, 6) is 0.131. The van der Waals surface area contributed by atoms with Crippen molar-refractivity contribution in [2.45, 2.75) is 38.3 Å². The monoisotopic (exact) mass is 291 g/mol. The Morgan fingerprint density at radius 2 is 2.19 bits per heavy atom. The van der Waals surface area contributed by atoms with Gasteiger partial charge in [-0.25, -0.2) is 4.79 Å². The molecule has 0 saturated heterocycles. The van der Waals surface area contributed by atoms with Crippen molar-refractivity contribution in [2.75, 3.05) is 7.05 Å². The number of aryl methyl sites for hydroxylation is 1. The number of fused-ring (bicyclic) bond motifs is 1. The molecule has 6 nitrogen and oxygen atoms in total. The van der Waals surface area contributed by atoms with Crippen molar-refractivity contribution in [1.82, 2.24) is 10.6 Å². The second-order valence-electron chi connectivity index (χ2n) is 5.19. The Morgan fingerprint density at radius 3 is 2.90 bits per heavy atom. The van der Waals surface area contributed by atoms with Crippen LogP contribution in [0.2, 0.25) is 0 Å². The normalized spacial score (nSPS) is 18.3. The maximum Gasteiger partial charge on any atom is 0.321 e. The average Bonchev–Trinajstić information content (AvgIpc) is 2.47. The van der Waals surface area contributed by atoms with Crippen LogP contribution in [0, 0.1) is 0 Å². The second-order valence-corrected chi connectivity index (χ2v) is 5.19.